The monoisotopic (exact) mass is 247 g/mol. The summed E-state index contributed by atoms with van der Waals surface area (Å²) in [6.45, 7) is 5.12. The van der Waals surface area contributed by atoms with E-state index >= 15 is 0 Å². The van der Waals surface area contributed by atoms with Crippen LogP contribution in [0.5, 0.6) is 0 Å². The summed E-state index contributed by atoms with van der Waals surface area (Å²) in [7, 11) is 0. The van der Waals surface area contributed by atoms with Gasteiger partial charge in [0, 0.05) is 11.8 Å². The highest BCUT2D eigenvalue weighted by Crippen LogP contribution is 2.20. The van der Waals surface area contributed by atoms with E-state index in [4.69, 9.17) is 5.11 Å². The van der Waals surface area contributed by atoms with Crippen molar-refractivity contribution < 1.29 is 5.11 Å². The van der Waals surface area contributed by atoms with Gasteiger partial charge in [-0.15, -0.1) is 0 Å². The number of hydrogen-bond acceptors (Lipinski definition) is 6. The summed E-state index contributed by atoms with van der Waals surface area (Å²) >= 11 is 3.07. The molecule has 1 aromatic heterocycles. The van der Waals surface area contributed by atoms with Crippen molar-refractivity contribution in [2.75, 3.05) is 18.9 Å². The molecule has 0 fully saturated rings. The van der Waals surface area contributed by atoms with Crippen LogP contribution in [0.3, 0.4) is 0 Å². The van der Waals surface area contributed by atoms with Crippen LogP contribution in [-0.4, -0.2) is 39.4 Å². The third kappa shape index (κ3) is 4.92. The number of aliphatic hydroxyl groups excluding tert-OH is 1. The minimum atomic E-state index is 0.152. The Morgan fingerprint density at radius 1 is 1.60 bits per heavy atom. The number of aliphatic hydroxyl groups is 1. The molecule has 0 saturated heterocycles. The molecule has 1 atom stereocenters. The Labute approximate surface area is 98.7 Å². The maximum absolute atomic E-state index is 9.13. The van der Waals surface area contributed by atoms with Crippen LogP contribution in [-0.2, 0) is 0 Å². The number of rotatable bonds is 7. The maximum Gasteiger partial charge on any atom is 0.170 e. The second kappa shape index (κ2) is 7.16. The van der Waals surface area contributed by atoms with E-state index < -0.39 is 0 Å². The molecule has 0 radical (unpaired) electrons. The zero-order chi connectivity index (χ0) is 11.1. The second-order valence-electron chi connectivity index (χ2n) is 3.25. The Morgan fingerprint density at radius 2 is 2.40 bits per heavy atom. The predicted molar refractivity (Wildman–Crippen MR) is 64.5 cm³/mol. The van der Waals surface area contributed by atoms with Gasteiger partial charge in [0.25, 0.3) is 0 Å². The summed E-state index contributed by atoms with van der Waals surface area (Å²) in [4.78, 5) is 4.26. The predicted octanol–water partition coefficient (Wildman–Crippen LogP) is 1.30. The molecule has 4 nitrogen and oxygen atoms in total. The van der Waals surface area contributed by atoms with Gasteiger partial charge in [-0.05, 0) is 31.4 Å². The molecule has 1 heterocycles. The van der Waals surface area contributed by atoms with Gasteiger partial charge in [0.2, 0.25) is 0 Å². The summed E-state index contributed by atoms with van der Waals surface area (Å²) in [6, 6.07) is 0.152. The molecule has 0 saturated carbocycles. The molecular weight excluding hydrogens is 230 g/mol. The lowest BCUT2D eigenvalue weighted by atomic mass is 10.3. The van der Waals surface area contributed by atoms with Gasteiger partial charge in [-0.3, -0.25) is 0 Å². The van der Waals surface area contributed by atoms with Gasteiger partial charge in [0.1, 0.15) is 5.82 Å². The third-order valence-corrected chi connectivity index (χ3v) is 3.91. The molecule has 86 valence electrons. The van der Waals surface area contributed by atoms with Crippen molar-refractivity contribution >= 4 is 23.3 Å². The van der Waals surface area contributed by atoms with E-state index in [-0.39, 0.29) is 12.6 Å². The Bertz CT molecular complexity index is 280. The molecule has 0 bridgehead atoms. The SMILES string of the molecule is CCCNC(CO)CSc1nc(C)ns1. The van der Waals surface area contributed by atoms with E-state index in [9.17, 15) is 0 Å². The van der Waals surface area contributed by atoms with E-state index in [1.165, 1.54) is 11.5 Å². The normalized spacial score (nSPS) is 13.0. The molecule has 0 aromatic carbocycles. The summed E-state index contributed by atoms with van der Waals surface area (Å²) < 4.78 is 5.09. The van der Waals surface area contributed by atoms with Crippen LogP contribution < -0.4 is 5.32 Å². The van der Waals surface area contributed by atoms with Crippen molar-refractivity contribution in [3.63, 3.8) is 0 Å². The highest BCUT2D eigenvalue weighted by molar-refractivity contribution is 8.00. The molecule has 15 heavy (non-hydrogen) atoms. The lowest BCUT2D eigenvalue weighted by molar-refractivity contribution is 0.254. The molecule has 6 heteroatoms. The van der Waals surface area contributed by atoms with Gasteiger partial charge in [0.05, 0.1) is 6.61 Å². The van der Waals surface area contributed by atoms with Crippen LogP contribution in [0, 0.1) is 6.92 Å². The molecule has 0 aliphatic carbocycles. The summed E-state index contributed by atoms with van der Waals surface area (Å²) in [5, 5.41) is 12.4. The first-order chi connectivity index (χ1) is 7.26. The summed E-state index contributed by atoms with van der Waals surface area (Å²) in [5.74, 6) is 1.66. The number of thioether (sulfide) groups is 1. The minimum absolute atomic E-state index is 0.152. The van der Waals surface area contributed by atoms with Crippen LogP contribution in [0.4, 0.5) is 0 Å². The second-order valence-corrected chi connectivity index (χ2v) is 5.27. The standard InChI is InChI=1S/C9H17N3OS2/c1-3-4-10-8(5-13)6-14-9-11-7(2)12-15-9/h8,10,13H,3-6H2,1-2H3. The lowest BCUT2D eigenvalue weighted by Crippen LogP contribution is -2.35. The van der Waals surface area contributed by atoms with Crippen LogP contribution in [0.25, 0.3) is 0 Å². The van der Waals surface area contributed by atoms with E-state index in [1.54, 1.807) is 11.8 Å². The van der Waals surface area contributed by atoms with E-state index in [2.05, 4.69) is 21.6 Å². The largest absolute Gasteiger partial charge is 0.395 e. The Morgan fingerprint density at radius 3 is 2.93 bits per heavy atom. The van der Waals surface area contributed by atoms with Crippen LogP contribution in [0.1, 0.15) is 19.2 Å². The molecule has 1 aromatic rings. The van der Waals surface area contributed by atoms with Crippen molar-refractivity contribution in [2.45, 2.75) is 30.6 Å². The summed E-state index contributed by atoms with van der Waals surface area (Å²) in [5.41, 5.74) is 0. The Balaban J connectivity index is 2.27. The molecule has 0 spiro atoms. The average Bonchev–Trinajstić information content (AvgIpc) is 2.65. The first kappa shape index (κ1) is 12.9. The van der Waals surface area contributed by atoms with Crippen molar-refractivity contribution in [3.05, 3.63) is 5.82 Å². The van der Waals surface area contributed by atoms with Gasteiger partial charge in [0.15, 0.2) is 4.34 Å². The average molecular weight is 247 g/mol. The zero-order valence-corrected chi connectivity index (χ0v) is 10.7. The molecular formula is C9H17N3OS2. The van der Waals surface area contributed by atoms with Gasteiger partial charge in [-0.1, -0.05) is 18.7 Å². The van der Waals surface area contributed by atoms with Crippen LogP contribution in [0.2, 0.25) is 0 Å². The zero-order valence-electron chi connectivity index (χ0n) is 9.06. The molecule has 0 amide bonds. The number of hydrogen-bond donors (Lipinski definition) is 2. The van der Waals surface area contributed by atoms with Gasteiger partial charge < -0.3 is 10.4 Å². The Kier molecular flexibility index (Phi) is 6.16. The molecule has 1 unspecified atom stereocenters. The van der Waals surface area contributed by atoms with Crippen LogP contribution >= 0.6 is 23.3 Å². The fourth-order valence-corrected chi connectivity index (χ4v) is 2.75. The molecule has 0 aliphatic heterocycles. The molecule has 0 aliphatic rings. The number of nitrogens with one attached hydrogen (secondary N) is 1. The van der Waals surface area contributed by atoms with Crippen LogP contribution in [0.15, 0.2) is 4.34 Å². The smallest absolute Gasteiger partial charge is 0.170 e. The first-order valence-corrected chi connectivity index (χ1v) is 6.79. The molecule has 1 rings (SSSR count). The molecule has 2 N–H and O–H groups in total. The fraction of sp³-hybridized carbons (Fsp3) is 0.778. The number of aryl methyl sites for hydroxylation is 1. The first-order valence-electron chi connectivity index (χ1n) is 5.03. The maximum atomic E-state index is 9.13. The number of nitrogens with zero attached hydrogens (tertiary/aromatic N) is 2. The highest BCUT2D eigenvalue weighted by atomic mass is 32.2. The van der Waals surface area contributed by atoms with Gasteiger partial charge in [-0.2, -0.15) is 4.37 Å². The van der Waals surface area contributed by atoms with Gasteiger partial charge in [-0.25, -0.2) is 4.98 Å². The van der Waals surface area contributed by atoms with Crippen molar-refractivity contribution in [1.29, 1.82) is 0 Å². The number of aromatic nitrogens is 2. The Hall–Kier alpha value is -0.170. The van der Waals surface area contributed by atoms with E-state index in [0.29, 0.717) is 0 Å². The highest BCUT2D eigenvalue weighted by Gasteiger charge is 2.08. The van der Waals surface area contributed by atoms with Crippen molar-refractivity contribution in [1.82, 2.24) is 14.7 Å². The minimum Gasteiger partial charge on any atom is -0.395 e. The third-order valence-electron chi connectivity index (χ3n) is 1.82. The van der Waals surface area contributed by atoms with Crippen molar-refractivity contribution in [2.24, 2.45) is 0 Å². The quantitative estimate of drug-likeness (QED) is 0.711. The van der Waals surface area contributed by atoms with Crippen molar-refractivity contribution in [3.8, 4) is 0 Å². The van der Waals surface area contributed by atoms with Gasteiger partial charge >= 0.3 is 0 Å². The van der Waals surface area contributed by atoms with E-state index in [0.717, 1.165) is 28.9 Å². The topological polar surface area (TPSA) is 58.0 Å². The lowest BCUT2D eigenvalue weighted by Gasteiger charge is -2.13. The fourth-order valence-electron chi connectivity index (χ4n) is 1.03. The van der Waals surface area contributed by atoms with E-state index in [1.807, 2.05) is 6.92 Å². The summed E-state index contributed by atoms with van der Waals surface area (Å²) in [6.07, 6.45) is 1.08.